The third-order valence-corrected chi connectivity index (χ3v) is 1.03. The second-order valence-electron chi connectivity index (χ2n) is 1.60. The van der Waals surface area contributed by atoms with Crippen molar-refractivity contribution in [2.45, 2.75) is 0 Å². The maximum absolute atomic E-state index is 8.46. The second kappa shape index (κ2) is 2.83. The molecule has 0 aromatic carbocycles. The van der Waals surface area contributed by atoms with Crippen molar-refractivity contribution in [3.8, 4) is 11.9 Å². The number of hydrogen-bond acceptors (Lipinski definition) is 3. The van der Waals surface area contributed by atoms with Crippen molar-refractivity contribution in [3.63, 3.8) is 0 Å². The summed E-state index contributed by atoms with van der Waals surface area (Å²) < 4.78 is 4.78. The van der Waals surface area contributed by atoms with E-state index in [2.05, 4.69) is 11.1 Å². The van der Waals surface area contributed by atoms with E-state index >= 15 is 0 Å². The van der Waals surface area contributed by atoms with E-state index in [1.54, 1.807) is 0 Å². The van der Waals surface area contributed by atoms with E-state index in [1.165, 1.54) is 19.4 Å². The number of rotatable bonds is 1. The molecule has 0 spiro atoms. The summed E-state index contributed by atoms with van der Waals surface area (Å²) in [5, 5.41) is 8.46. The van der Waals surface area contributed by atoms with Crippen LogP contribution in [0.15, 0.2) is 12.3 Å². The van der Waals surface area contributed by atoms with Crippen LogP contribution in [0.5, 0.6) is 5.88 Å². The van der Waals surface area contributed by atoms with Gasteiger partial charge in [-0.2, -0.15) is 5.26 Å². The van der Waals surface area contributed by atoms with E-state index in [4.69, 9.17) is 10.00 Å². The van der Waals surface area contributed by atoms with Gasteiger partial charge in [0.1, 0.15) is 11.6 Å². The summed E-state index contributed by atoms with van der Waals surface area (Å²) in [6.07, 6.45) is 1.46. The Balaban J connectivity index is 3.12. The van der Waals surface area contributed by atoms with E-state index in [-0.39, 0.29) is 0 Å². The van der Waals surface area contributed by atoms with Gasteiger partial charge in [-0.05, 0) is 6.07 Å². The van der Waals surface area contributed by atoms with Gasteiger partial charge in [-0.3, -0.25) is 0 Å². The summed E-state index contributed by atoms with van der Waals surface area (Å²) in [6.45, 7) is 0. The van der Waals surface area contributed by atoms with Crippen LogP contribution in [0.2, 0.25) is 0 Å². The van der Waals surface area contributed by atoms with Crippen LogP contribution in [0.3, 0.4) is 0 Å². The SMILES string of the molecule is COc1nc[c]cc1C#N. The number of hydrogen-bond donors (Lipinski definition) is 0. The largest absolute Gasteiger partial charge is 0.480 e. The van der Waals surface area contributed by atoms with Gasteiger partial charge in [0, 0.05) is 12.3 Å². The van der Waals surface area contributed by atoms with Gasteiger partial charge in [-0.15, -0.1) is 0 Å². The van der Waals surface area contributed by atoms with Gasteiger partial charge in [0.25, 0.3) is 0 Å². The molecule has 0 atom stereocenters. The number of pyridine rings is 1. The highest BCUT2D eigenvalue weighted by Gasteiger charge is 1.98. The quantitative estimate of drug-likeness (QED) is 0.568. The molecule has 1 aromatic rings. The van der Waals surface area contributed by atoms with Crippen molar-refractivity contribution in [3.05, 3.63) is 23.9 Å². The van der Waals surface area contributed by atoms with Crippen LogP contribution in [-0.4, -0.2) is 12.1 Å². The fourth-order valence-corrected chi connectivity index (χ4v) is 0.591. The molecule has 1 radical (unpaired) electrons. The van der Waals surface area contributed by atoms with E-state index in [0.717, 1.165) is 0 Å². The maximum Gasteiger partial charge on any atom is 0.231 e. The fraction of sp³-hybridized carbons (Fsp3) is 0.143. The molecule has 0 unspecified atom stereocenters. The van der Waals surface area contributed by atoms with Crippen molar-refractivity contribution in [2.24, 2.45) is 0 Å². The zero-order valence-corrected chi connectivity index (χ0v) is 5.46. The molecule has 0 aliphatic carbocycles. The minimum atomic E-state index is 0.348. The van der Waals surface area contributed by atoms with Crippen LogP contribution in [-0.2, 0) is 0 Å². The Morgan fingerprint density at radius 1 is 1.80 bits per heavy atom. The van der Waals surface area contributed by atoms with Gasteiger partial charge in [0.05, 0.1) is 7.11 Å². The molecule has 0 bridgehead atoms. The van der Waals surface area contributed by atoms with E-state index in [0.29, 0.717) is 11.4 Å². The van der Waals surface area contributed by atoms with Crippen LogP contribution in [0, 0.1) is 17.4 Å². The molecule has 0 aliphatic rings. The van der Waals surface area contributed by atoms with Crippen molar-refractivity contribution in [1.29, 1.82) is 5.26 Å². The van der Waals surface area contributed by atoms with Crippen LogP contribution in [0.25, 0.3) is 0 Å². The zero-order chi connectivity index (χ0) is 7.40. The molecule has 1 aromatic heterocycles. The molecule has 1 heterocycles. The highest BCUT2D eigenvalue weighted by Crippen LogP contribution is 2.10. The Bertz CT molecular complexity index is 265. The molecular weight excluding hydrogens is 128 g/mol. The summed E-state index contributed by atoms with van der Waals surface area (Å²) in [7, 11) is 1.48. The molecule has 0 fully saturated rings. The maximum atomic E-state index is 8.46. The first-order valence-corrected chi connectivity index (χ1v) is 2.68. The smallest absolute Gasteiger partial charge is 0.231 e. The second-order valence-corrected chi connectivity index (χ2v) is 1.60. The highest BCUT2D eigenvalue weighted by atomic mass is 16.5. The lowest BCUT2D eigenvalue weighted by molar-refractivity contribution is 0.396. The molecule has 3 heteroatoms. The molecular formula is C7H5N2O. The van der Waals surface area contributed by atoms with Crippen LogP contribution in [0.4, 0.5) is 0 Å². The molecule has 0 aliphatic heterocycles. The van der Waals surface area contributed by atoms with Crippen molar-refractivity contribution < 1.29 is 4.74 Å². The fourth-order valence-electron chi connectivity index (χ4n) is 0.591. The lowest BCUT2D eigenvalue weighted by atomic mass is 10.3. The lowest BCUT2D eigenvalue weighted by Crippen LogP contribution is -1.89. The van der Waals surface area contributed by atoms with Gasteiger partial charge < -0.3 is 4.74 Å². The van der Waals surface area contributed by atoms with Crippen molar-refractivity contribution in [1.82, 2.24) is 4.98 Å². The summed E-state index contributed by atoms with van der Waals surface area (Å²) in [5.41, 5.74) is 0.407. The summed E-state index contributed by atoms with van der Waals surface area (Å²) >= 11 is 0. The minimum Gasteiger partial charge on any atom is -0.480 e. The van der Waals surface area contributed by atoms with Gasteiger partial charge in [-0.25, -0.2) is 4.98 Å². The van der Waals surface area contributed by atoms with Crippen LogP contribution < -0.4 is 4.74 Å². The standard InChI is InChI=1S/C7H5N2O/c1-10-7-6(5-8)3-2-4-9-7/h3-4H,1H3. The monoisotopic (exact) mass is 133 g/mol. The van der Waals surface area contributed by atoms with Crippen LogP contribution >= 0.6 is 0 Å². The first-order valence-electron chi connectivity index (χ1n) is 2.68. The normalized spacial score (nSPS) is 8.40. The van der Waals surface area contributed by atoms with Gasteiger partial charge in [0.2, 0.25) is 5.88 Å². The van der Waals surface area contributed by atoms with Gasteiger partial charge >= 0.3 is 0 Å². The predicted octanol–water partition coefficient (Wildman–Crippen LogP) is 0.762. The Morgan fingerprint density at radius 3 is 3.10 bits per heavy atom. The number of aromatic nitrogens is 1. The molecule has 10 heavy (non-hydrogen) atoms. The Labute approximate surface area is 58.9 Å². The summed E-state index contributed by atoms with van der Waals surface area (Å²) in [5.74, 6) is 0.348. The lowest BCUT2D eigenvalue weighted by Gasteiger charge is -1.96. The molecule has 1 rings (SSSR count). The molecule has 49 valence electrons. The third kappa shape index (κ3) is 1.06. The molecule has 0 saturated carbocycles. The van der Waals surface area contributed by atoms with Crippen molar-refractivity contribution in [2.75, 3.05) is 7.11 Å². The van der Waals surface area contributed by atoms with Crippen LogP contribution in [0.1, 0.15) is 5.56 Å². The first kappa shape index (κ1) is 6.56. The number of methoxy groups -OCH3 is 1. The topological polar surface area (TPSA) is 45.9 Å². The summed E-state index contributed by atoms with van der Waals surface area (Å²) in [4.78, 5) is 3.77. The minimum absolute atomic E-state index is 0.348. The third-order valence-electron chi connectivity index (χ3n) is 1.03. The first-order chi connectivity index (χ1) is 4.88. The average Bonchev–Trinajstić information content (AvgIpc) is 2.04. The van der Waals surface area contributed by atoms with Crippen molar-refractivity contribution >= 4 is 0 Å². The zero-order valence-electron chi connectivity index (χ0n) is 5.46. The van der Waals surface area contributed by atoms with E-state index in [9.17, 15) is 0 Å². The summed E-state index contributed by atoms with van der Waals surface area (Å²) in [6, 6.07) is 6.13. The number of nitrogens with zero attached hydrogens (tertiary/aromatic N) is 2. The highest BCUT2D eigenvalue weighted by molar-refractivity contribution is 5.36. The molecule has 0 amide bonds. The van der Waals surface area contributed by atoms with Gasteiger partial charge in [-0.1, -0.05) is 0 Å². The Morgan fingerprint density at radius 2 is 2.60 bits per heavy atom. The van der Waals surface area contributed by atoms with E-state index in [1.807, 2.05) is 6.07 Å². The number of ether oxygens (including phenoxy) is 1. The molecule has 0 N–H and O–H groups in total. The average molecular weight is 133 g/mol. The Kier molecular flexibility index (Phi) is 1.86. The van der Waals surface area contributed by atoms with Gasteiger partial charge in [0.15, 0.2) is 0 Å². The molecule has 3 nitrogen and oxygen atoms in total. The Hall–Kier alpha value is -1.56. The number of nitriles is 1. The molecule has 0 saturated heterocycles. The predicted molar refractivity (Wildman–Crippen MR) is 34.3 cm³/mol. The van der Waals surface area contributed by atoms with E-state index < -0.39 is 0 Å².